The molecule has 3 aromatic heterocycles. The van der Waals surface area contributed by atoms with Crippen LogP contribution in [0.3, 0.4) is 0 Å². The third-order valence-electron chi connectivity index (χ3n) is 10.1. The first-order valence-corrected chi connectivity index (χ1v) is 17.3. The van der Waals surface area contributed by atoms with Crippen molar-refractivity contribution in [1.82, 2.24) is 15.0 Å². The number of rotatable bonds is 4. The minimum absolute atomic E-state index is 0.584. The fourth-order valence-electron chi connectivity index (χ4n) is 7.63. The molecule has 11 rings (SSSR count). The molecule has 0 aliphatic heterocycles. The number of hydrogen-bond donors (Lipinski definition) is 0. The van der Waals surface area contributed by atoms with Gasteiger partial charge in [0, 0.05) is 43.8 Å². The lowest BCUT2D eigenvalue weighted by atomic mass is 9.96. The van der Waals surface area contributed by atoms with Crippen molar-refractivity contribution >= 4 is 65.4 Å². The third kappa shape index (κ3) is 4.46. The van der Waals surface area contributed by atoms with Gasteiger partial charge in [-0.25, -0.2) is 15.0 Å². The highest BCUT2D eigenvalue weighted by atomic mass is 16.3. The average Bonchev–Trinajstić information content (AvgIpc) is 3.77. The maximum Gasteiger partial charge on any atom is 0.164 e. The molecule has 5 heteroatoms. The molecule has 0 unspecified atom stereocenters. The molecule has 0 saturated heterocycles. The van der Waals surface area contributed by atoms with Gasteiger partial charge in [-0.05, 0) is 69.6 Å². The molecule has 0 fully saturated rings. The van der Waals surface area contributed by atoms with Crippen LogP contribution in [0.15, 0.2) is 173 Å². The first-order chi connectivity index (χ1) is 25.7. The van der Waals surface area contributed by atoms with Crippen LogP contribution < -0.4 is 0 Å². The van der Waals surface area contributed by atoms with E-state index in [2.05, 4.69) is 115 Å². The number of nitrogens with zero attached hydrogens (tertiary/aromatic N) is 3. The molecule has 52 heavy (non-hydrogen) atoms. The van der Waals surface area contributed by atoms with E-state index in [9.17, 15) is 0 Å². The lowest BCUT2D eigenvalue weighted by Gasteiger charge is -2.12. The van der Waals surface area contributed by atoms with E-state index in [1.807, 2.05) is 48.5 Å². The second-order valence-corrected chi connectivity index (χ2v) is 13.2. The molecule has 242 valence electrons. The van der Waals surface area contributed by atoms with Crippen LogP contribution in [0.25, 0.3) is 111 Å². The minimum atomic E-state index is 0.584. The van der Waals surface area contributed by atoms with Crippen molar-refractivity contribution in [2.45, 2.75) is 0 Å². The molecule has 5 nitrogen and oxygen atoms in total. The molecule has 0 amide bonds. The summed E-state index contributed by atoms with van der Waals surface area (Å²) in [5, 5.41) is 8.59. The zero-order valence-electron chi connectivity index (χ0n) is 27.7. The Labute approximate surface area is 297 Å². The maximum absolute atomic E-state index is 6.88. The van der Waals surface area contributed by atoms with Crippen molar-refractivity contribution in [2.75, 3.05) is 0 Å². The number of aromatic nitrogens is 3. The van der Waals surface area contributed by atoms with E-state index in [1.54, 1.807) is 0 Å². The molecule has 0 N–H and O–H groups in total. The molecule has 0 saturated carbocycles. The normalized spacial score (nSPS) is 11.8. The minimum Gasteiger partial charge on any atom is -0.456 e. The van der Waals surface area contributed by atoms with Crippen LogP contribution >= 0.6 is 0 Å². The Balaban J connectivity index is 1.21. The largest absolute Gasteiger partial charge is 0.456 e. The molecule has 0 spiro atoms. The summed E-state index contributed by atoms with van der Waals surface area (Å²) >= 11 is 0. The number of hydrogen-bond acceptors (Lipinski definition) is 5. The van der Waals surface area contributed by atoms with Crippen LogP contribution in [0.2, 0.25) is 0 Å². The molecule has 3 heterocycles. The molecule has 0 bridgehead atoms. The monoisotopic (exact) mass is 665 g/mol. The van der Waals surface area contributed by atoms with E-state index >= 15 is 0 Å². The van der Waals surface area contributed by atoms with Crippen molar-refractivity contribution in [3.8, 4) is 45.3 Å². The lowest BCUT2D eigenvalue weighted by Crippen LogP contribution is -2.01. The van der Waals surface area contributed by atoms with Crippen molar-refractivity contribution in [3.63, 3.8) is 0 Å². The van der Waals surface area contributed by atoms with Crippen LogP contribution in [-0.4, -0.2) is 15.0 Å². The van der Waals surface area contributed by atoms with Crippen LogP contribution in [-0.2, 0) is 0 Å². The predicted octanol–water partition coefficient (Wildman–Crippen LogP) is 12.6. The number of benzene rings is 8. The van der Waals surface area contributed by atoms with Gasteiger partial charge in [0.15, 0.2) is 17.5 Å². The van der Waals surface area contributed by atoms with Gasteiger partial charge in [-0.2, -0.15) is 0 Å². The van der Waals surface area contributed by atoms with Gasteiger partial charge in [-0.15, -0.1) is 0 Å². The second-order valence-electron chi connectivity index (χ2n) is 13.2. The van der Waals surface area contributed by atoms with Crippen LogP contribution in [0.4, 0.5) is 0 Å². The standard InChI is InChI=1S/C47H27N3O2/c1-2-12-29(13-3-1)45-48-46(36-19-10-16-28-11-6-7-17-33(28)36)50-47(49-45)37-23-22-34(32-21-24-41-38(26-32)35-18-8-9-20-40(35)51-41)44-43(37)39-25-30-14-4-5-15-31(30)27-42(39)52-44/h1-27H. The Morgan fingerprint density at radius 2 is 0.981 bits per heavy atom. The van der Waals surface area contributed by atoms with Gasteiger partial charge >= 0.3 is 0 Å². The Hall–Kier alpha value is -7.11. The molecule has 0 aliphatic carbocycles. The van der Waals surface area contributed by atoms with Gasteiger partial charge in [-0.3, -0.25) is 0 Å². The van der Waals surface area contributed by atoms with Crippen LogP contribution in [0.5, 0.6) is 0 Å². The smallest absolute Gasteiger partial charge is 0.164 e. The summed E-state index contributed by atoms with van der Waals surface area (Å²) in [7, 11) is 0. The Bertz CT molecular complexity index is 3190. The molecule has 0 aliphatic rings. The predicted molar refractivity (Wildman–Crippen MR) is 211 cm³/mol. The molecule has 0 atom stereocenters. The highest BCUT2D eigenvalue weighted by Gasteiger charge is 2.22. The van der Waals surface area contributed by atoms with Crippen LogP contribution in [0.1, 0.15) is 0 Å². The van der Waals surface area contributed by atoms with Crippen molar-refractivity contribution in [3.05, 3.63) is 164 Å². The van der Waals surface area contributed by atoms with Crippen molar-refractivity contribution in [1.29, 1.82) is 0 Å². The van der Waals surface area contributed by atoms with Gasteiger partial charge in [0.25, 0.3) is 0 Å². The summed E-state index contributed by atoms with van der Waals surface area (Å²) in [6.07, 6.45) is 0. The average molecular weight is 666 g/mol. The molecule has 8 aromatic carbocycles. The summed E-state index contributed by atoms with van der Waals surface area (Å²) in [5.74, 6) is 1.81. The number of furan rings is 2. The SMILES string of the molecule is c1ccc(-c2nc(-c3cccc4ccccc34)nc(-c3ccc(-c4ccc5oc6ccccc6c5c4)c4oc5cc6ccccc6cc5c34)n2)cc1. The molecule has 11 aromatic rings. The van der Waals surface area contributed by atoms with Gasteiger partial charge in [0.1, 0.15) is 22.3 Å². The van der Waals surface area contributed by atoms with Gasteiger partial charge in [0.2, 0.25) is 0 Å². The molecular weight excluding hydrogens is 639 g/mol. The Kier molecular flexibility index (Phi) is 6.18. The summed E-state index contributed by atoms with van der Waals surface area (Å²) in [6, 6.07) is 56.3. The third-order valence-corrected chi connectivity index (χ3v) is 10.1. The van der Waals surface area contributed by atoms with E-state index < -0.39 is 0 Å². The summed E-state index contributed by atoms with van der Waals surface area (Å²) in [6.45, 7) is 0. The van der Waals surface area contributed by atoms with Gasteiger partial charge in [-0.1, -0.05) is 121 Å². The van der Waals surface area contributed by atoms with Gasteiger partial charge in [0.05, 0.1) is 0 Å². The second kappa shape index (κ2) is 11.2. The fraction of sp³-hybridized carbons (Fsp3) is 0. The fourth-order valence-corrected chi connectivity index (χ4v) is 7.63. The Morgan fingerprint density at radius 3 is 1.85 bits per heavy atom. The number of fused-ring (bicyclic) bond motifs is 8. The van der Waals surface area contributed by atoms with Crippen LogP contribution in [0, 0.1) is 0 Å². The quantitative estimate of drug-likeness (QED) is 0.187. The van der Waals surface area contributed by atoms with E-state index in [4.69, 9.17) is 23.8 Å². The van der Waals surface area contributed by atoms with E-state index in [-0.39, 0.29) is 0 Å². The maximum atomic E-state index is 6.88. The van der Waals surface area contributed by atoms with Crippen molar-refractivity contribution < 1.29 is 8.83 Å². The van der Waals surface area contributed by atoms with Crippen molar-refractivity contribution in [2.24, 2.45) is 0 Å². The zero-order valence-corrected chi connectivity index (χ0v) is 27.7. The summed E-state index contributed by atoms with van der Waals surface area (Å²) < 4.78 is 13.1. The van der Waals surface area contributed by atoms with E-state index in [0.29, 0.717) is 17.5 Å². The summed E-state index contributed by atoms with van der Waals surface area (Å²) in [5.41, 5.74) is 8.09. The van der Waals surface area contributed by atoms with E-state index in [0.717, 1.165) is 93.2 Å². The lowest BCUT2D eigenvalue weighted by molar-refractivity contribution is 0.668. The zero-order chi connectivity index (χ0) is 34.2. The Morgan fingerprint density at radius 1 is 0.327 bits per heavy atom. The number of para-hydroxylation sites is 1. The highest BCUT2D eigenvalue weighted by molar-refractivity contribution is 6.19. The topological polar surface area (TPSA) is 65.0 Å². The molecular formula is C47H27N3O2. The molecule has 0 radical (unpaired) electrons. The summed E-state index contributed by atoms with van der Waals surface area (Å²) in [4.78, 5) is 15.5. The first-order valence-electron chi connectivity index (χ1n) is 17.3. The van der Waals surface area contributed by atoms with Gasteiger partial charge < -0.3 is 8.83 Å². The van der Waals surface area contributed by atoms with E-state index in [1.165, 1.54) is 0 Å². The highest BCUT2D eigenvalue weighted by Crippen LogP contribution is 2.44. The first kappa shape index (κ1) is 28.7.